The van der Waals surface area contributed by atoms with Gasteiger partial charge in [-0.2, -0.15) is 0 Å². The average molecular weight is 367 g/mol. The Morgan fingerprint density at radius 1 is 1.23 bits per heavy atom. The zero-order chi connectivity index (χ0) is 19.1. The van der Waals surface area contributed by atoms with Crippen molar-refractivity contribution in [3.63, 3.8) is 0 Å². The van der Waals surface area contributed by atoms with Crippen molar-refractivity contribution >= 4 is 11.9 Å². The maximum Gasteiger partial charge on any atom is 0.325 e. The van der Waals surface area contributed by atoms with Gasteiger partial charge in [0.05, 0.1) is 19.1 Å². The van der Waals surface area contributed by atoms with Crippen LogP contribution in [0.5, 0.6) is 0 Å². The van der Waals surface area contributed by atoms with Crippen LogP contribution in [0.15, 0.2) is 24.3 Å². The second-order valence-electron chi connectivity index (χ2n) is 6.76. The zero-order valence-corrected chi connectivity index (χ0v) is 15.2. The summed E-state index contributed by atoms with van der Waals surface area (Å²) in [5, 5.41) is 0. The van der Waals surface area contributed by atoms with Crippen molar-refractivity contribution in [3.8, 4) is 0 Å². The Hall–Kier alpha value is -1.99. The number of aryl methyl sites for hydroxylation is 1. The number of hydrogen-bond donors (Lipinski definition) is 1. The molecule has 144 valence electrons. The van der Waals surface area contributed by atoms with E-state index in [2.05, 4.69) is 0 Å². The summed E-state index contributed by atoms with van der Waals surface area (Å²) in [5.74, 6) is -0.768. The molecule has 0 aromatic heterocycles. The summed E-state index contributed by atoms with van der Waals surface area (Å²) >= 11 is 0. The maximum absolute atomic E-state index is 12.1. The molecule has 3 atom stereocenters. The highest BCUT2D eigenvalue weighted by atomic mass is 19.1. The lowest BCUT2D eigenvalue weighted by Crippen LogP contribution is -2.37. The van der Waals surface area contributed by atoms with Gasteiger partial charge in [-0.05, 0) is 38.8 Å². The summed E-state index contributed by atoms with van der Waals surface area (Å²) in [6.45, 7) is 4.03. The van der Waals surface area contributed by atoms with E-state index < -0.39 is 12.0 Å². The number of esters is 2. The minimum atomic E-state index is -0.773. The molecule has 2 fully saturated rings. The predicted molar refractivity (Wildman–Crippen MR) is 92.7 cm³/mol. The smallest absolute Gasteiger partial charge is 0.325 e. The normalized spacial score (nSPS) is 26.3. The van der Waals surface area contributed by atoms with Crippen LogP contribution < -0.4 is 5.73 Å². The van der Waals surface area contributed by atoms with Crippen LogP contribution in [0, 0.1) is 18.7 Å². The van der Waals surface area contributed by atoms with Gasteiger partial charge in [0.25, 0.3) is 0 Å². The van der Waals surface area contributed by atoms with Gasteiger partial charge in [0.15, 0.2) is 0 Å². The maximum atomic E-state index is 12.1. The van der Waals surface area contributed by atoms with Crippen molar-refractivity contribution in [2.24, 2.45) is 11.7 Å². The van der Waals surface area contributed by atoms with Crippen LogP contribution in [-0.2, 0) is 23.8 Å². The lowest BCUT2D eigenvalue weighted by atomic mass is 10.2. The molecule has 2 unspecified atom stereocenters. The summed E-state index contributed by atoms with van der Waals surface area (Å²) in [4.78, 5) is 23.0. The molecule has 1 aromatic carbocycles. The molecule has 26 heavy (non-hydrogen) atoms. The molecule has 1 aliphatic carbocycles. The number of hydrogen-bond acceptors (Lipinski definition) is 6. The van der Waals surface area contributed by atoms with Crippen LogP contribution >= 0.6 is 0 Å². The summed E-state index contributed by atoms with van der Waals surface area (Å²) in [6, 6.07) is 5.63. The Bertz CT molecular complexity index is 581. The molecule has 0 spiro atoms. The number of ether oxygens (including phenoxy) is 3. The standard InChI is InChI=1S/C12H19NO5.C7H7F/c1-7-4-9(18-11(14)8-2-3-8)5-16-6-10(13)12(15)17-7;1-6-2-4-7(8)5-3-6/h7-10H,2-6,13H2,1H3;2-5H,1H3/t7?,9?,10-;/m0./s1. The Kier molecular flexibility index (Phi) is 7.53. The lowest BCUT2D eigenvalue weighted by Gasteiger charge is -2.19. The summed E-state index contributed by atoms with van der Waals surface area (Å²) in [6.07, 6.45) is 1.55. The molecule has 0 bridgehead atoms. The van der Waals surface area contributed by atoms with Crippen LogP contribution in [0.1, 0.15) is 31.7 Å². The zero-order valence-electron chi connectivity index (χ0n) is 15.2. The van der Waals surface area contributed by atoms with E-state index in [-0.39, 0.29) is 43.1 Å². The van der Waals surface area contributed by atoms with Crippen molar-refractivity contribution in [1.29, 1.82) is 0 Å². The van der Waals surface area contributed by atoms with Crippen LogP contribution in [0.3, 0.4) is 0 Å². The van der Waals surface area contributed by atoms with Crippen molar-refractivity contribution < 1.29 is 28.2 Å². The highest BCUT2D eigenvalue weighted by molar-refractivity contribution is 5.76. The molecule has 2 N–H and O–H groups in total. The molecule has 2 aliphatic rings. The van der Waals surface area contributed by atoms with Crippen LogP contribution in [-0.4, -0.2) is 43.4 Å². The SMILES string of the molecule is CC1CC(OC(=O)C2CC2)COC[C@H](N)C(=O)O1.Cc1ccc(F)cc1. The van der Waals surface area contributed by atoms with E-state index in [9.17, 15) is 14.0 Å². The summed E-state index contributed by atoms with van der Waals surface area (Å²) < 4.78 is 27.9. The fraction of sp³-hybridized carbons (Fsp3) is 0.579. The largest absolute Gasteiger partial charge is 0.461 e. The minimum Gasteiger partial charge on any atom is -0.461 e. The van der Waals surface area contributed by atoms with Gasteiger partial charge < -0.3 is 19.9 Å². The molecular weight excluding hydrogens is 341 g/mol. The number of benzene rings is 1. The van der Waals surface area contributed by atoms with Crippen LogP contribution in [0.4, 0.5) is 4.39 Å². The first-order valence-corrected chi connectivity index (χ1v) is 8.81. The highest BCUT2D eigenvalue weighted by Gasteiger charge is 2.34. The van der Waals surface area contributed by atoms with E-state index in [0.717, 1.165) is 18.4 Å². The Balaban J connectivity index is 0.000000254. The van der Waals surface area contributed by atoms with E-state index in [0.29, 0.717) is 6.42 Å². The van der Waals surface area contributed by atoms with E-state index in [1.165, 1.54) is 12.1 Å². The number of carbonyl (C=O) groups excluding carboxylic acids is 2. The monoisotopic (exact) mass is 367 g/mol. The van der Waals surface area contributed by atoms with E-state index in [1.54, 1.807) is 19.1 Å². The molecule has 1 saturated heterocycles. The van der Waals surface area contributed by atoms with Gasteiger partial charge in [0.1, 0.15) is 24.1 Å². The van der Waals surface area contributed by atoms with Crippen molar-refractivity contribution in [2.75, 3.05) is 13.2 Å². The first kappa shape index (κ1) is 20.3. The molecule has 0 radical (unpaired) electrons. The molecule has 7 heteroatoms. The third kappa shape index (κ3) is 7.09. The number of rotatable bonds is 2. The van der Waals surface area contributed by atoms with Crippen LogP contribution in [0.25, 0.3) is 0 Å². The van der Waals surface area contributed by atoms with Gasteiger partial charge >= 0.3 is 11.9 Å². The molecule has 1 aliphatic heterocycles. The molecule has 6 nitrogen and oxygen atoms in total. The molecule has 3 rings (SSSR count). The molecular formula is C19H26FNO5. The first-order chi connectivity index (χ1) is 12.3. The Labute approximate surface area is 152 Å². The Morgan fingerprint density at radius 3 is 2.46 bits per heavy atom. The molecule has 1 heterocycles. The molecule has 1 aromatic rings. The fourth-order valence-corrected chi connectivity index (χ4v) is 2.36. The third-order valence-corrected chi connectivity index (χ3v) is 4.02. The number of carbonyl (C=O) groups is 2. The minimum absolute atomic E-state index is 0.0535. The highest BCUT2D eigenvalue weighted by Crippen LogP contribution is 2.31. The van der Waals surface area contributed by atoms with Gasteiger partial charge in [-0.25, -0.2) is 4.39 Å². The topological polar surface area (TPSA) is 87.9 Å². The van der Waals surface area contributed by atoms with Crippen molar-refractivity contribution in [3.05, 3.63) is 35.6 Å². The Morgan fingerprint density at radius 2 is 1.88 bits per heavy atom. The van der Waals surface area contributed by atoms with Gasteiger partial charge in [0.2, 0.25) is 0 Å². The quantitative estimate of drug-likeness (QED) is 0.806. The average Bonchev–Trinajstić information content (AvgIpc) is 3.42. The van der Waals surface area contributed by atoms with E-state index in [1.807, 2.05) is 6.92 Å². The van der Waals surface area contributed by atoms with Crippen LogP contribution in [0.2, 0.25) is 0 Å². The van der Waals surface area contributed by atoms with E-state index >= 15 is 0 Å². The second kappa shape index (κ2) is 9.64. The van der Waals surface area contributed by atoms with E-state index in [4.69, 9.17) is 19.9 Å². The van der Waals surface area contributed by atoms with Gasteiger partial charge in [0, 0.05) is 6.42 Å². The second-order valence-corrected chi connectivity index (χ2v) is 6.76. The van der Waals surface area contributed by atoms with Crippen molar-refractivity contribution in [2.45, 2.75) is 51.4 Å². The van der Waals surface area contributed by atoms with Gasteiger partial charge in [-0.1, -0.05) is 17.7 Å². The number of halogens is 1. The number of cyclic esters (lactones) is 1. The predicted octanol–water partition coefficient (Wildman–Crippen LogP) is 2.12. The molecule has 1 saturated carbocycles. The molecule has 0 amide bonds. The fourth-order valence-electron chi connectivity index (χ4n) is 2.36. The lowest BCUT2D eigenvalue weighted by molar-refractivity contribution is -0.156. The summed E-state index contributed by atoms with van der Waals surface area (Å²) in [5.41, 5.74) is 6.67. The summed E-state index contributed by atoms with van der Waals surface area (Å²) in [7, 11) is 0. The first-order valence-electron chi connectivity index (χ1n) is 8.81. The van der Waals surface area contributed by atoms with Gasteiger partial charge in [-0.3, -0.25) is 9.59 Å². The third-order valence-electron chi connectivity index (χ3n) is 4.02. The number of nitrogens with two attached hydrogens (primary N) is 1. The van der Waals surface area contributed by atoms with Crippen molar-refractivity contribution in [1.82, 2.24) is 0 Å². The van der Waals surface area contributed by atoms with Gasteiger partial charge in [-0.15, -0.1) is 0 Å².